The van der Waals surface area contributed by atoms with Crippen molar-refractivity contribution in [3.63, 3.8) is 0 Å². The van der Waals surface area contributed by atoms with Crippen molar-refractivity contribution in [1.82, 2.24) is 9.80 Å². The minimum Gasteiger partial charge on any atom is -0.491 e. The van der Waals surface area contributed by atoms with E-state index in [0.29, 0.717) is 37.1 Å². The van der Waals surface area contributed by atoms with Gasteiger partial charge in [0.1, 0.15) is 18.9 Å². The number of ether oxygens (including phenoxy) is 1. The second kappa shape index (κ2) is 11.1. The van der Waals surface area contributed by atoms with Gasteiger partial charge in [0.15, 0.2) is 0 Å². The Morgan fingerprint density at radius 3 is 2.46 bits per heavy atom. The minimum absolute atomic E-state index is 0.0123. The first kappa shape index (κ1) is 25.5. The zero-order valence-electron chi connectivity index (χ0n) is 22.0. The van der Waals surface area contributed by atoms with Crippen molar-refractivity contribution < 1.29 is 14.3 Å². The summed E-state index contributed by atoms with van der Waals surface area (Å²) >= 11 is 1.75. The first-order valence-corrected chi connectivity index (χ1v) is 14.2. The summed E-state index contributed by atoms with van der Waals surface area (Å²) in [5.41, 5.74) is 4.20. The monoisotopic (exact) mass is 516 g/mol. The molecule has 2 heterocycles. The van der Waals surface area contributed by atoms with Crippen LogP contribution in [0.25, 0.3) is 0 Å². The average Bonchev–Trinajstić information content (AvgIpc) is 3.59. The van der Waals surface area contributed by atoms with Crippen molar-refractivity contribution in [2.75, 3.05) is 26.2 Å². The van der Waals surface area contributed by atoms with E-state index in [1.807, 2.05) is 48.2 Å². The van der Waals surface area contributed by atoms with Crippen LogP contribution in [-0.4, -0.2) is 47.9 Å². The fourth-order valence-electron chi connectivity index (χ4n) is 4.96. The van der Waals surface area contributed by atoms with Crippen LogP contribution in [0.15, 0.2) is 60.0 Å². The number of hydrogen-bond donors (Lipinski definition) is 0. The van der Waals surface area contributed by atoms with Crippen LogP contribution in [0, 0.1) is 12.8 Å². The maximum atomic E-state index is 13.8. The second-order valence-electron chi connectivity index (χ2n) is 10.7. The number of aryl methyl sites for hydroxylation is 1. The van der Waals surface area contributed by atoms with Gasteiger partial charge in [0.05, 0.1) is 6.04 Å². The van der Waals surface area contributed by atoms with Gasteiger partial charge in [-0.3, -0.25) is 9.59 Å². The third-order valence-corrected chi connectivity index (χ3v) is 8.45. The highest BCUT2D eigenvalue weighted by Crippen LogP contribution is 2.35. The molecule has 6 heteroatoms. The average molecular weight is 517 g/mol. The molecule has 1 aromatic heterocycles. The normalized spacial score (nSPS) is 17.0. The Morgan fingerprint density at radius 1 is 1.05 bits per heavy atom. The molecule has 1 aliphatic carbocycles. The fraction of sp³-hybridized carbons (Fsp3) is 0.419. The number of carbonyl (C=O) groups excluding carboxylic acids is 2. The molecule has 1 aliphatic heterocycles. The van der Waals surface area contributed by atoms with E-state index in [4.69, 9.17) is 4.74 Å². The zero-order valence-corrected chi connectivity index (χ0v) is 22.8. The SMILES string of the molecule is Cc1ccc(C(=O)N(CC(=O)N2CCc3sccc3[C@@H]2COc2ccc(C(C)C)cc2)CC2CC2)cc1. The molecule has 3 aromatic rings. The van der Waals surface area contributed by atoms with Gasteiger partial charge in [0.2, 0.25) is 5.91 Å². The molecule has 37 heavy (non-hydrogen) atoms. The van der Waals surface area contributed by atoms with Crippen molar-refractivity contribution >= 4 is 23.2 Å². The first-order chi connectivity index (χ1) is 17.9. The van der Waals surface area contributed by atoms with Crippen LogP contribution in [-0.2, 0) is 11.2 Å². The molecule has 5 rings (SSSR count). The zero-order chi connectivity index (χ0) is 25.9. The number of nitrogens with zero attached hydrogens (tertiary/aromatic N) is 2. The molecule has 2 amide bonds. The minimum atomic E-state index is -0.162. The van der Waals surface area contributed by atoms with Crippen LogP contribution in [0.4, 0.5) is 0 Å². The van der Waals surface area contributed by atoms with Crippen LogP contribution < -0.4 is 4.74 Å². The highest BCUT2D eigenvalue weighted by molar-refractivity contribution is 7.10. The van der Waals surface area contributed by atoms with Crippen LogP contribution >= 0.6 is 11.3 Å². The summed E-state index contributed by atoms with van der Waals surface area (Å²) in [5.74, 6) is 1.70. The molecule has 0 radical (unpaired) electrons. The van der Waals surface area contributed by atoms with E-state index >= 15 is 0 Å². The molecule has 5 nitrogen and oxygen atoms in total. The summed E-state index contributed by atoms with van der Waals surface area (Å²) in [5, 5.41) is 2.10. The molecule has 1 atom stereocenters. The van der Waals surface area contributed by atoms with Gasteiger partial charge in [0, 0.05) is 23.5 Å². The summed E-state index contributed by atoms with van der Waals surface area (Å²) in [6.45, 7) is 8.14. The lowest BCUT2D eigenvalue weighted by Crippen LogP contribution is -2.48. The largest absolute Gasteiger partial charge is 0.491 e. The fourth-order valence-corrected chi connectivity index (χ4v) is 5.89. The third-order valence-electron chi connectivity index (χ3n) is 7.46. The molecule has 1 fully saturated rings. The molecular formula is C31H36N2O3S. The molecule has 2 aliphatic rings. The van der Waals surface area contributed by atoms with Crippen molar-refractivity contribution in [1.29, 1.82) is 0 Å². The Labute approximate surface area is 224 Å². The quantitative estimate of drug-likeness (QED) is 0.338. The molecular weight excluding hydrogens is 480 g/mol. The lowest BCUT2D eigenvalue weighted by Gasteiger charge is -2.37. The van der Waals surface area contributed by atoms with E-state index in [1.54, 1.807) is 16.2 Å². The van der Waals surface area contributed by atoms with Crippen LogP contribution in [0.3, 0.4) is 0 Å². The van der Waals surface area contributed by atoms with Gasteiger partial charge in [-0.25, -0.2) is 0 Å². The van der Waals surface area contributed by atoms with Crippen molar-refractivity contribution in [2.24, 2.45) is 5.92 Å². The van der Waals surface area contributed by atoms with E-state index in [0.717, 1.165) is 30.6 Å². The number of amides is 2. The predicted octanol–water partition coefficient (Wildman–Crippen LogP) is 6.24. The molecule has 1 saturated carbocycles. The lowest BCUT2D eigenvalue weighted by molar-refractivity contribution is -0.135. The van der Waals surface area contributed by atoms with Gasteiger partial charge in [-0.2, -0.15) is 0 Å². The highest BCUT2D eigenvalue weighted by Gasteiger charge is 2.35. The molecule has 0 bridgehead atoms. The van der Waals surface area contributed by atoms with Gasteiger partial charge in [-0.15, -0.1) is 11.3 Å². The summed E-state index contributed by atoms with van der Waals surface area (Å²) in [6, 6.07) is 17.8. The standard InChI is InChI=1S/C31H36N2O3S/c1-21(2)24-10-12-26(13-11-24)36-20-28-27-15-17-37-29(27)14-16-33(28)30(34)19-32(18-23-6-7-23)31(35)25-8-4-22(3)5-9-25/h4-5,8-13,15,17,21,23,28H,6-7,14,16,18-20H2,1-3H3/t28-/m0/s1. The molecule has 0 saturated heterocycles. The predicted molar refractivity (Wildman–Crippen MR) is 148 cm³/mol. The van der Waals surface area contributed by atoms with Crippen molar-refractivity contribution in [3.05, 3.63) is 87.1 Å². The summed E-state index contributed by atoms with van der Waals surface area (Å²) in [6.07, 6.45) is 3.09. The number of carbonyl (C=O) groups is 2. The summed E-state index contributed by atoms with van der Waals surface area (Å²) < 4.78 is 6.22. The van der Waals surface area contributed by atoms with Crippen LogP contribution in [0.5, 0.6) is 5.75 Å². The Morgan fingerprint density at radius 2 is 1.78 bits per heavy atom. The van der Waals surface area contributed by atoms with Crippen molar-refractivity contribution in [2.45, 2.75) is 52.0 Å². The van der Waals surface area contributed by atoms with Crippen molar-refractivity contribution in [3.8, 4) is 5.75 Å². The number of fused-ring (bicyclic) bond motifs is 1. The molecule has 194 valence electrons. The number of thiophene rings is 1. The molecule has 2 aromatic carbocycles. The molecule has 0 spiro atoms. The molecule has 0 N–H and O–H groups in total. The highest BCUT2D eigenvalue weighted by atomic mass is 32.1. The maximum absolute atomic E-state index is 13.8. The Kier molecular flexibility index (Phi) is 7.65. The smallest absolute Gasteiger partial charge is 0.254 e. The number of hydrogen-bond acceptors (Lipinski definition) is 4. The van der Waals surface area contributed by atoms with E-state index in [1.165, 1.54) is 16.0 Å². The van der Waals surface area contributed by atoms with Gasteiger partial charge in [-0.05, 0) is 84.9 Å². The Bertz CT molecular complexity index is 1230. The molecule has 0 unspecified atom stereocenters. The third kappa shape index (κ3) is 6.07. The van der Waals surface area contributed by atoms with E-state index in [2.05, 4.69) is 37.4 Å². The first-order valence-electron chi connectivity index (χ1n) is 13.3. The van der Waals surface area contributed by atoms with Crippen LogP contribution in [0.2, 0.25) is 0 Å². The lowest BCUT2D eigenvalue weighted by atomic mass is 10.00. The second-order valence-corrected chi connectivity index (χ2v) is 11.7. The Balaban J connectivity index is 1.32. The summed E-state index contributed by atoms with van der Waals surface area (Å²) in [4.78, 5) is 32.2. The maximum Gasteiger partial charge on any atom is 0.254 e. The van der Waals surface area contributed by atoms with E-state index in [-0.39, 0.29) is 24.4 Å². The van der Waals surface area contributed by atoms with Gasteiger partial charge < -0.3 is 14.5 Å². The van der Waals surface area contributed by atoms with Gasteiger partial charge in [0.25, 0.3) is 5.91 Å². The van der Waals surface area contributed by atoms with Gasteiger partial charge in [-0.1, -0.05) is 43.7 Å². The van der Waals surface area contributed by atoms with Gasteiger partial charge >= 0.3 is 0 Å². The van der Waals surface area contributed by atoms with E-state index in [9.17, 15) is 9.59 Å². The van der Waals surface area contributed by atoms with Crippen LogP contribution in [0.1, 0.15) is 70.6 Å². The summed E-state index contributed by atoms with van der Waals surface area (Å²) in [7, 11) is 0. The topological polar surface area (TPSA) is 49.9 Å². The van der Waals surface area contributed by atoms with E-state index < -0.39 is 0 Å². The number of rotatable bonds is 9. The number of benzene rings is 2. The Hall–Kier alpha value is -3.12.